The van der Waals surface area contributed by atoms with Gasteiger partial charge in [-0.1, -0.05) is 18.2 Å². The number of halogens is 2. The summed E-state index contributed by atoms with van der Waals surface area (Å²) in [6.45, 7) is 5.14. The maximum Gasteiger partial charge on any atom is 0.263 e. The Kier molecular flexibility index (Phi) is 5.02. The highest BCUT2D eigenvalue weighted by Gasteiger charge is 2.16. The van der Waals surface area contributed by atoms with E-state index in [0.717, 1.165) is 5.56 Å². The molecule has 0 saturated heterocycles. The van der Waals surface area contributed by atoms with Crippen LogP contribution >= 0.6 is 0 Å². The van der Waals surface area contributed by atoms with Crippen LogP contribution in [0.4, 0.5) is 8.78 Å². The lowest BCUT2D eigenvalue weighted by molar-refractivity contribution is 0.127. The van der Waals surface area contributed by atoms with Gasteiger partial charge in [0.15, 0.2) is 0 Å². The molecule has 96 valence electrons. The largest absolute Gasteiger partial charge is 0.383 e. The van der Waals surface area contributed by atoms with Crippen LogP contribution in [-0.4, -0.2) is 19.3 Å². The smallest absolute Gasteiger partial charge is 0.263 e. The second kappa shape index (κ2) is 6.07. The van der Waals surface area contributed by atoms with Gasteiger partial charge < -0.3 is 10.1 Å². The van der Waals surface area contributed by atoms with Gasteiger partial charge in [-0.15, -0.1) is 0 Å². The van der Waals surface area contributed by atoms with E-state index in [1.165, 1.54) is 12.1 Å². The number of ether oxygens (including phenoxy) is 1. The van der Waals surface area contributed by atoms with Crippen LogP contribution in [0.15, 0.2) is 24.3 Å². The van der Waals surface area contributed by atoms with E-state index in [4.69, 9.17) is 4.74 Å². The van der Waals surface area contributed by atoms with Crippen molar-refractivity contribution in [1.82, 2.24) is 5.32 Å². The zero-order valence-electron chi connectivity index (χ0n) is 10.5. The third-order valence-electron chi connectivity index (χ3n) is 2.48. The van der Waals surface area contributed by atoms with E-state index in [1.54, 1.807) is 13.2 Å². The first kappa shape index (κ1) is 14.1. The number of hydrogen-bond acceptors (Lipinski definition) is 2. The molecule has 0 radical (unpaired) electrons. The molecule has 0 atom stereocenters. The van der Waals surface area contributed by atoms with Crippen LogP contribution in [0.2, 0.25) is 0 Å². The van der Waals surface area contributed by atoms with Crippen LogP contribution in [0.25, 0.3) is 0 Å². The Morgan fingerprint density at radius 2 is 2.06 bits per heavy atom. The Bertz CT molecular complexity index is 353. The first-order valence-electron chi connectivity index (χ1n) is 5.55. The van der Waals surface area contributed by atoms with Gasteiger partial charge in [0.05, 0.1) is 6.61 Å². The van der Waals surface area contributed by atoms with E-state index in [1.807, 2.05) is 19.9 Å². The highest BCUT2D eigenvalue weighted by molar-refractivity contribution is 5.24. The van der Waals surface area contributed by atoms with Crippen LogP contribution in [0.1, 0.15) is 31.4 Å². The number of benzene rings is 1. The van der Waals surface area contributed by atoms with Crippen molar-refractivity contribution in [2.45, 2.75) is 32.4 Å². The van der Waals surface area contributed by atoms with Crippen molar-refractivity contribution in [2.75, 3.05) is 13.7 Å². The van der Waals surface area contributed by atoms with E-state index in [9.17, 15) is 8.78 Å². The van der Waals surface area contributed by atoms with E-state index >= 15 is 0 Å². The van der Waals surface area contributed by atoms with Gasteiger partial charge in [-0.3, -0.25) is 0 Å². The molecule has 0 aliphatic rings. The van der Waals surface area contributed by atoms with Crippen molar-refractivity contribution in [2.24, 2.45) is 0 Å². The fourth-order valence-corrected chi connectivity index (χ4v) is 1.59. The molecule has 0 heterocycles. The van der Waals surface area contributed by atoms with Gasteiger partial charge >= 0.3 is 0 Å². The average molecular weight is 243 g/mol. The fraction of sp³-hybridized carbons (Fsp3) is 0.538. The van der Waals surface area contributed by atoms with Crippen molar-refractivity contribution in [3.05, 3.63) is 35.4 Å². The Morgan fingerprint density at radius 3 is 2.65 bits per heavy atom. The summed E-state index contributed by atoms with van der Waals surface area (Å²) in [5, 5.41) is 3.27. The first-order valence-corrected chi connectivity index (χ1v) is 5.55. The van der Waals surface area contributed by atoms with Crippen LogP contribution < -0.4 is 5.32 Å². The molecule has 0 amide bonds. The summed E-state index contributed by atoms with van der Waals surface area (Å²) in [4.78, 5) is 0. The number of nitrogens with one attached hydrogen (secondary N) is 1. The topological polar surface area (TPSA) is 21.3 Å². The van der Waals surface area contributed by atoms with Gasteiger partial charge in [-0.05, 0) is 25.5 Å². The van der Waals surface area contributed by atoms with Crippen molar-refractivity contribution in [1.29, 1.82) is 0 Å². The van der Waals surface area contributed by atoms with Gasteiger partial charge in [0.25, 0.3) is 6.43 Å². The SMILES string of the molecule is COCC(C)(C)NCc1cccc(C(F)F)c1. The highest BCUT2D eigenvalue weighted by Crippen LogP contribution is 2.19. The summed E-state index contributed by atoms with van der Waals surface area (Å²) in [5.41, 5.74) is 0.746. The molecular weight excluding hydrogens is 224 g/mol. The molecule has 0 unspecified atom stereocenters. The van der Waals surface area contributed by atoms with Crippen molar-refractivity contribution < 1.29 is 13.5 Å². The van der Waals surface area contributed by atoms with Gasteiger partial charge in [0.2, 0.25) is 0 Å². The minimum absolute atomic E-state index is 0.0637. The number of methoxy groups -OCH3 is 1. The molecule has 0 spiro atoms. The van der Waals surface area contributed by atoms with Gasteiger partial charge in [0, 0.05) is 24.8 Å². The summed E-state index contributed by atoms with van der Waals surface area (Å²) in [6, 6.07) is 6.46. The summed E-state index contributed by atoms with van der Waals surface area (Å²) < 4.78 is 30.1. The van der Waals surface area contributed by atoms with Gasteiger partial charge in [0.1, 0.15) is 0 Å². The Morgan fingerprint density at radius 1 is 1.35 bits per heavy atom. The average Bonchev–Trinajstić information content (AvgIpc) is 2.27. The summed E-state index contributed by atoms with van der Waals surface area (Å²) in [7, 11) is 1.64. The van der Waals surface area contributed by atoms with E-state index in [2.05, 4.69) is 5.32 Å². The van der Waals surface area contributed by atoms with Crippen LogP contribution in [0.3, 0.4) is 0 Å². The third kappa shape index (κ3) is 4.79. The minimum Gasteiger partial charge on any atom is -0.383 e. The molecule has 4 heteroatoms. The quantitative estimate of drug-likeness (QED) is 0.828. The first-order chi connectivity index (χ1) is 7.94. The van der Waals surface area contributed by atoms with Crippen LogP contribution in [-0.2, 0) is 11.3 Å². The molecule has 0 fully saturated rings. The molecule has 0 aliphatic heterocycles. The lowest BCUT2D eigenvalue weighted by Crippen LogP contribution is -2.42. The highest BCUT2D eigenvalue weighted by atomic mass is 19.3. The van der Waals surface area contributed by atoms with Crippen molar-refractivity contribution in [3.8, 4) is 0 Å². The number of hydrogen-bond donors (Lipinski definition) is 1. The Labute approximate surface area is 101 Å². The maximum atomic E-state index is 12.5. The minimum atomic E-state index is -2.41. The molecule has 1 aromatic rings. The lowest BCUT2D eigenvalue weighted by atomic mass is 10.1. The standard InChI is InChI=1S/C13H19F2NO/c1-13(2,9-17-3)16-8-10-5-4-6-11(7-10)12(14)15/h4-7,12,16H,8-9H2,1-3H3. The number of alkyl halides is 2. The second-order valence-corrected chi connectivity index (χ2v) is 4.72. The van der Waals surface area contributed by atoms with E-state index in [-0.39, 0.29) is 11.1 Å². The molecule has 0 aliphatic carbocycles. The molecule has 2 nitrogen and oxygen atoms in total. The number of rotatable bonds is 6. The molecule has 17 heavy (non-hydrogen) atoms. The summed E-state index contributed by atoms with van der Waals surface area (Å²) >= 11 is 0. The predicted molar refractivity (Wildman–Crippen MR) is 64.2 cm³/mol. The molecule has 0 aromatic heterocycles. The van der Waals surface area contributed by atoms with E-state index < -0.39 is 6.43 Å². The zero-order chi connectivity index (χ0) is 12.9. The third-order valence-corrected chi connectivity index (χ3v) is 2.48. The predicted octanol–water partition coefficient (Wildman–Crippen LogP) is 3.14. The maximum absolute atomic E-state index is 12.5. The summed E-state index contributed by atoms with van der Waals surface area (Å²) in [5.74, 6) is 0. The molecule has 1 aromatic carbocycles. The fourth-order valence-electron chi connectivity index (χ4n) is 1.59. The summed E-state index contributed by atoms with van der Waals surface area (Å²) in [6.07, 6.45) is -2.41. The van der Waals surface area contributed by atoms with Crippen molar-refractivity contribution in [3.63, 3.8) is 0 Å². The zero-order valence-corrected chi connectivity index (χ0v) is 10.5. The van der Waals surface area contributed by atoms with Crippen LogP contribution in [0, 0.1) is 0 Å². The van der Waals surface area contributed by atoms with Crippen molar-refractivity contribution >= 4 is 0 Å². The Hall–Kier alpha value is -1.00. The molecule has 1 N–H and O–H groups in total. The van der Waals surface area contributed by atoms with E-state index in [0.29, 0.717) is 13.2 Å². The molecular formula is C13H19F2NO. The lowest BCUT2D eigenvalue weighted by Gasteiger charge is -2.25. The molecule has 1 rings (SSSR count). The van der Waals surface area contributed by atoms with Crippen LogP contribution in [0.5, 0.6) is 0 Å². The Balaban J connectivity index is 2.60. The molecule has 0 saturated carbocycles. The normalized spacial score (nSPS) is 12.1. The monoisotopic (exact) mass is 243 g/mol. The van der Waals surface area contributed by atoms with Gasteiger partial charge in [-0.2, -0.15) is 0 Å². The van der Waals surface area contributed by atoms with Gasteiger partial charge in [-0.25, -0.2) is 8.78 Å². The second-order valence-electron chi connectivity index (χ2n) is 4.72. The molecule has 0 bridgehead atoms.